The molecule has 3 nitrogen and oxygen atoms in total. The Kier molecular flexibility index (Phi) is 2.13. The Bertz CT molecular complexity index is 320. The molecule has 0 unspecified atom stereocenters. The minimum Gasteiger partial charge on any atom is -0.339 e. The average molecular weight is 194 g/mol. The van der Waals surface area contributed by atoms with Crippen LogP contribution in [0.4, 0.5) is 0 Å². The molecule has 0 aromatic carbocycles. The van der Waals surface area contributed by atoms with E-state index in [2.05, 4.69) is 37.8 Å². The summed E-state index contributed by atoms with van der Waals surface area (Å²) in [5.41, 5.74) is 0.188. The minimum atomic E-state index is 0.188. The first-order chi connectivity index (χ1) is 6.48. The molecule has 1 saturated carbocycles. The highest BCUT2D eigenvalue weighted by Gasteiger charge is 2.32. The Morgan fingerprint density at radius 1 is 1.36 bits per heavy atom. The number of aromatic nitrogens is 2. The first kappa shape index (κ1) is 9.69. The number of rotatable bonds is 2. The summed E-state index contributed by atoms with van der Waals surface area (Å²) in [7, 11) is 0. The number of nitrogens with zero attached hydrogens (tertiary/aromatic N) is 2. The summed E-state index contributed by atoms with van der Waals surface area (Å²) in [6.07, 6.45) is 2.45. The molecule has 3 heteroatoms. The van der Waals surface area contributed by atoms with Crippen molar-refractivity contribution in [3.8, 4) is 0 Å². The van der Waals surface area contributed by atoms with Gasteiger partial charge in [-0.05, 0) is 18.3 Å². The molecule has 1 heterocycles. The molecule has 1 atom stereocenters. The highest BCUT2D eigenvalue weighted by molar-refractivity contribution is 5.06. The second kappa shape index (κ2) is 3.07. The first-order valence-corrected chi connectivity index (χ1v) is 5.32. The van der Waals surface area contributed by atoms with E-state index in [-0.39, 0.29) is 5.41 Å². The van der Waals surface area contributed by atoms with E-state index >= 15 is 0 Å². The van der Waals surface area contributed by atoms with Gasteiger partial charge in [-0.2, -0.15) is 4.98 Å². The highest BCUT2D eigenvalue weighted by Crippen LogP contribution is 2.40. The van der Waals surface area contributed by atoms with Crippen LogP contribution in [0, 0.1) is 5.41 Å². The van der Waals surface area contributed by atoms with Crippen molar-refractivity contribution in [3.63, 3.8) is 0 Å². The third kappa shape index (κ3) is 1.81. The summed E-state index contributed by atoms with van der Waals surface area (Å²) in [5.74, 6) is 2.61. The summed E-state index contributed by atoms with van der Waals surface area (Å²) >= 11 is 0. The van der Waals surface area contributed by atoms with Crippen LogP contribution in [0.1, 0.15) is 64.1 Å². The first-order valence-electron chi connectivity index (χ1n) is 5.32. The van der Waals surface area contributed by atoms with Crippen LogP contribution >= 0.6 is 0 Å². The van der Waals surface area contributed by atoms with E-state index in [1.54, 1.807) is 0 Å². The lowest BCUT2D eigenvalue weighted by molar-refractivity contribution is 0.261. The third-order valence-corrected chi connectivity index (χ3v) is 3.07. The summed E-state index contributed by atoms with van der Waals surface area (Å²) in [6, 6.07) is 0. The van der Waals surface area contributed by atoms with Gasteiger partial charge in [-0.15, -0.1) is 0 Å². The maximum atomic E-state index is 5.29. The zero-order valence-corrected chi connectivity index (χ0v) is 9.37. The van der Waals surface area contributed by atoms with Crippen molar-refractivity contribution in [1.29, 1.82) is 0 Å². The number of hydrogen-bond acceptors (Lipinski definition) is 3. The molecule has 2 rings (SSSR count). The molecule has 1 aromatic rings. The van der Waals surface area contributed by atoms with Crippen molar-refractivity contribution in [1.82, 2.24) is 10.1 Å². The van der Waals surface area contributed by atoms with Crippen LogP contribution in [-0.4, -0.2) is 10.1 Å². The lowest BCUT2D eigenvalue weighted by atomic mass is 9.82. The van der Waals surface area contributed by atoms with Crippen LogP contribution in [0.2, 0.25) is 0 Å². The largest absolute Gasteiger partial charge is 0.339 e. The summed E-state index contributed by atoms with van der Waals surface area (Å²) in [4.78, 5) is 4.46. The summed E-state index contributed by atoms with van der Waals surface area (Å²) in [5, 5.41) is 4.03. The van der Waals surface area contributed by atoms with Gasteiger partial charge in [0.15, 0.2) is 5.82 Å². The summed E-state index contributed by atoms with van der Waals surface area (Å²) in [6.45, 7) is 8.72. The van der Waals surface area contributed by atoms with Crippen LogP contribution < -0.4 is 0 Å². The quantitative estimate of drug-likeness (QED) is 0.726. The fourth-order valence-electron chi connectivity index (χ4n) is 1.30. The fourth-order valence-corrected chi connectivity index (χ4v) is 1.30. The normalized spacial score (nSPS) is 19.7. The molecule has 0 bridgehead atoms. The molecule has 0 spiro atoms. The van der Waals surface area contributed by atoms with Crippen LogP contribution in [-0.2, 0) is 0 Å². The molecular formula is C11H18N2O. The van der Waals surface area contributed by atoms with E-state index in [0.29, 0.717) is 11.8 Å². The van der Waals surface area contributed by atoms with Crippen molar-refractivity contribution >= 4 is 0 Å². The van der Waals surface area contributed by atoms with Crippen LogP contribution in [0.5, 0.6) is 0 Å². The van der Waals surface area contributed by atoms with Crippen molar-refractivity contribution < 1.29 is 4.52 Å². The minimum absolute atomic E-state index is 0.188. The van der Waals surface area contributed by atoms with E-state index in [0.717, 1.165) is 11.7 Å². The molecule has 0 radical (unpaired) electrons. The van der Waals surface area contributed by atoms with Crippen molar-refractivity contribution in [2.75, 3.05) is 0 Å². The van der Waals surface area contributed by atoms with Gasteiger partial charge in [0, 0.05) is 11.8 Å². The third-order valence-electron chi connectivity index (χ3n) is 3.07. The van der Waals surface area contributed by atoms with Crippen LogP contribution in [0.25, 0.3) is 0 Å². The maximum Gasteiger partial charge on any atom is 0.230 e. The lowest BCUT2D eigenvalue weighted by Gasteiger charge is -2.23. The average Bonchev–Trinajstić information content (AvgIpc) is 2.82. The lowest BCUT2D eigenvalue weighted by Crippen LogP contribution is -2.15. The van der Waals surface area contributed by atoms with Gasteiger partial charge in [-0.1, -0.05) is 32.9 Å². The molecular weight excluding hydrogens is 176 g/mol. The van der Waals surface area contributed by atoms with Gasteiger partial charge in [0.1, 0.15) is 0 Å². The molecule has 78 valence electrons. The van der Waals surface area contributed by atoms with Gasteiger partial charge >= 0.3 is 0 Å². The van der Waals surface area contributed by atoms with Gasteiger partial charge in [-0.25, -0.2) is 0 Å². The fraction of sp³-hybridized carbons (Fsp3) is 0.818. The molecule has 1 aliphatic carbocycles. The van der Waals surface area contributed by atoms with Crippen LogP contribution in [0.3, 0.4) is 0 Å². The summed E-state index contributed by atoms with van der Waals surface area (Å²) < 4.78 is 5.29. The van der Waals surface area contributed by atoms with E-state index in [1.807, 2.05) is 0 Å². The number of hydrogen-bond donors (Lipinski definition) is 0. The monoisotopic (exact) mass is 194 g/mol. The topological polar surface area (TPSA) is 38.9 Å². The van der Waals surface area contributed by atoms with Gasteiger partial charge in [0.25, 0.3) is 0 Å². The zero-order chi connectivity index (χ0) is 10.3. The standard InChI is InChI=1S/C11H18N2O/c1-7(11(2,3)4)10-12-9(13-14-10)8-5-6-8/h7-8H,5-6H2,1-4H3/t7-/m1/s1. The van der Waals surface area contributed by atoms with E-state index in [1.165, 1.54) is 12.8 Å². The smallest absolute Gasteiger partial charge is 0.230 e. The van der Waals surface area contributed by atoms with Gasteiger partial charge < -0.3 is 4.52 Å². The second-order valence-electron chi connectivity index (χ2n) is 5.35. The Morgan fingerprint density at radius 3 is 2.50 bits per heavy atom. The molecule has 14 heavy (non-hydrogen) atoms. The molecule has 0 saturated heterocycles. The Labute approximate surface area is 84.9 Å². The molecule has 0 aliphatic heterocycles. The van der Waals surface area contributed by atoms with E-state index in [4.69, 9.17) is 4.52 Å². The van der Waals surface area contributed by atoms with Gasteiger partial charge in [-0.3, -0.25) is 0 Å². The molecule has 0 amide bonds. The molecule has 0 N–H and O–H groups in total. The van der Waals surface area contributed by atoms with E-state index in [9.17, 15) is 0 Å². The molecule has 1 aromatic heterocycles. The SMILES string of the molecule is C[C@H](c1nc(C2CC2)no1)C(C)(C)C. The van der Waals surface area contributed by atoms with Crippen molar-refractivity contribution in [2.45, 2.75) is 52.4 Å². The van der Waals surface area contributed by atoms with Gasteiger partial charge in [0.2, 0.25) is 5.89 Å². The molecule has 1 aliphatic rings. The van der Waals surface area contributed by atoms with Crippen molar-refractivity contribution in [2.24, 2.45) is 5.41 Å². The highest BCUT2D eigenvalue weighted by atomic mass is 16.5. The van der Waals surface area contributed by atoms with Crippen LogP contribution in [0.15, 0.2) is 4.52 Å². The predicted molar refractivity (Wildman–Crippen MR) is 54.1 cm³/mol. The Hall–Kier alpha value is -0.860. The van der Waals surface area contributed by atoms with E-state index < -0.39 is 0 Å². The Balaban J connectivity index is 2.15. The predicted octanol–water partition coefficient (Wildman–Crippen LogP) is 3.10. The molecule has 1 fully saturated rings. The van der Waals surface area contributed by atoms with Crippen molar-refractivity contribution in [3.05, 3.63) is 11.7 Å². The second-order valence-corrected chi connectivity index (χ2v) is 5.35. The zero-order valence-electron chi connectivity index (χ0n) is 9.37. The maximum absolute atomic E-state index is 5.29. The van der Waals surface area contributed by atoms with Gasteiger partial charge in [0.05, 0.1) is 0 Å². The Morgan fingerprint density at radius 2 is 2.00 bits per heavy atom.